The Kier molecular flexibility index (Phi) is 7.55. The molecule has 9 nitrogen and oxygen atoms in total. The number of benzene rings is 2. The highest BCUT2D eigenvalue weighted by atomic mass is 127. The topological polar surface area (TPSA) is 112 Å². The van der Waals surface area contributed by atoms with Gasteiger partial charge < -0.3 is 14.2 Å². The average Bonchev–Trinajstić information content (AvgIpc) is 2.66. The van der Waals surface area contributed by atoms with Crippen LogP contribution in [0.4, 0.5) is 5.69 Å². The summed E-state index contributed by atoms with van der Waals surface area (Å²) in [6.07, 6.45) is 1.44. The van der Waals surface area contributed by atoms with Crippen molar-refractivity contribution in [2.45, 2.75) is 6.92 Å². The van der Waals surface area contributed by atoms with E-state index < -0.39 is 17.4 Å². The van der Waals surface area contributed by atoms with E-state index >= 15 is 0 Å². The number of ether oxygens (including phenoxy) is 3. The van der Waals surface area contributed by atoms with Gasteiger partial charge in [-0.2, -0.15) is 5.10 Å². The number of nitro groups is 1. The molecular weight excluding hydrogens is 481 g/mol. The first-order valence-electron chi connectivity index (χ1n) is 7.97. The Hall–Kier alpha value is -2.89. The molecule has 2 rings (SSSR count). The quantitative estimate of drug-likeness (QED) is 0.259. The van der Waals surface area contributed by atoms with Crippen molar-refractivity contribution < 1.29 is 23.9 Å². The van der Waals surface area contributed by atoms with Crippen LogP contribution in [0.1, 0.15) is 11.1 Å². The molecule has 28 heavy (non-hydrogen) atoms. The fourth-order valence-corrected chi connectivity index (χ4v) is 3.10. The summed E-state index contributed by atoms with van der Waals surface area (Å²) in [6.45, 7) is 1.32. The molecular formula is C18H18IN3O6. The largest absolute Gasteiger partial charge is 0.493 e. The summed E-state index contributed by atoms with van der Waals surface area (Å²) < 4.78 is 16.6. The Morgan fingerprint density at radius 1 is 1.25 bits per heavy atom. The third-order valence-corrected chi connectivity index (χ3v) is 4.33. The molecule has 0 heterocycles. The van der Waals surface area contributed by atoms with Crippen molar-refractivity contribution >= 4 is 40.4 Å². The van der Waals surface area contributed by atoms with Crippen LogP contribution >= 0.6 is 22.6 Å². The summed E-state index contributed by atoms with van der Waals surface area (Å²) in [5.74, 6) is 0.611. The first kappa shape index (κ1) is 21.4. The second kappa shape index (κ2) is 9.88. The number of hydrogen-bond donors (Lipinski definition) is 1. The minimum atomic E-state index is -0.558. The van der Waals surface area contributed by atoms with Gasteiger partial charge in [-0.1, -0.05) is 6.07 Å². The Morgan fingerprint density at radius 3 is 2.64 bits per heavy atom. The highest BCUT2D eigenvalue weighted by molar-refractivity contribution is 14.1. The van der Waals surface area contributed by atoms with Gasteiger partial charge >= 0.3 is 5.69 Å². The summed E-state index contributed by atoms with van der Waals surface area (Å²) in [4.78, 5) is 22.4. The number of methoxy groups -OCH3 is 2. The number of nitrogens with one attached hydrogen (secondary N) is 1. The molecule has 0 bridgehead atoms. The number of carbonyl (C=O) groups is 1. The lowest BCUT2D eigenvalue weighted by Crippen LogP contribution is -2.24. The van der Waals surface area contributed by atoms with E-state index in [9.17, 15) is 14.9 Å². The van der Waals surface area contributed by atoms with E-state index in [2.05, 4.69) is 33.1 Å². The second-order valence-electron chi connectivity index (χ2n) is 5.55. The lowest BCUT2D eigenvalue weighted by molar-refractivity contribution is -0.385. The van der Waals surface area contributed by atoms with Crippen LogP contribution in [0, 0.1) is 20.6 Å². The molecule has 0 atom stereocenters. The van der Waals surface area contributed by atoms with Crippen LogP contribution in [0.5, 0.6) is 17.2 Å². The molecule has 0 fully saturated rings. The standard InChI is InChI=1S/C18H18IN3O6/c1-11-4-5-15(14(6-11)22(24)25)28-10-17(23)21-20-9-12-7-13(19)18(27-3)16(8-12)26-2/h4-9H,10H2,1-3H3,(H,21,23)/b20-9+. The molecule has 0 saturated heterocycles. The number of nitro benzene ring substituents is 1. The third kappa shape index (κ3) is 5.55. The predicted molar refractivity (Wildman–Crippen MR) is 111 cm³/mol. The second-order valence-corrected chi connectivity index (χ2v) is 6.71. The number of rotatable bonds is 8. The lowest BCUT2D eigenvalue weighted by Gasteiger charge is -2.10. The van der Waals surface area contributed by atoms with E-state index in [-0.39, 0.29) is 11.4 Å². The van der Waals surface area contributed by atoms with Crippen LogP contribution in [0.2, 0.25) is 0 Å². The molecule has 2 aromatic rings. The summed E-state index contributed by atoms with van der Waals surface area (Å²) >= 11 is 2.10. The van der Waals surface area contributed by atoms with E-state index in [4.69, 9.17) is 14.2 Å². The van der Waals surface area contributed by atoms with Gasteiger partial charge in [0.25, 0.3) is 5.91 Å². The smallest absolute Gasteiger partial charge is 0.311 e. The molecule has 0 saturated carbocycles. The molecule has 0 spiro atoms. The van der Waals surface area contributed by atoms with E-state index in [0.29, 0.717) is 17.1 Å². The summed E-state index contributed by atoms with van der Waals surface area (Å²) in [7, 11) is 3.07. The lowest BCUT2D eigenvalue weighted by atomic mass is 10.2. The Labute approximate surface area is 175 Å². The van der Waals surface area contributed by atoms with Crippen molar-refractivity contribution in [1.82, 2.24) is 5.43 Å². The average molecular weight is 499 g/mol. The van der Waals surface area contributed by atoms with Crippen LogP contribution in [-0.4, -0.2) is 37.9 Å². The number of amides is 1. The molecule has 0 aliphatic carbocycles. The van der Waals surface area contributed by atoms with Crippen molar-refractivity contribution in [3.05, 3.63) is 55.1 Å². The molecule has 0 unspecified atom stereocenters. The van der Waals surface area contributed by atoms with Crippen LogP contribution in [-0.2, 0) is 4.79 Å². The maximum absolute atomic E-state index is 11.9. The van der Waals surface area contributed by atoms with Crippen molar-refractivity contribution in [1.29, 1.82) is 0 Å². The van der Waals surface area contributed by atoms with Gasteiger partial charge in [0.1, 0.15) is 0 Å². The molecule has 2 aromatic carbocycles. The van der Waals surface area contributed by atoms with Crippen LogP contribution in [0.3, 0.4) is 0 Å². The zero-order valence-electron chi connectivity index (χ0n) is 15.4. The predicted octanol–water partition coefficient (Wildman–Crippen LogP) is 3.05. The number of halogens is 1. The van der Waals surface area contributed by atoms with Crippen LogP contribution in [0.25, 0.3) is 0 Å². The molecule has 1 N–H and O–H groups in total. The SMILES string of the molecule is COc1cc(/C=N/NC(=O)COc2ccc(C)cc2[N+](=O)[O-])cc(I)c1OC. The van der Waals surface area contributed by atoms with E-state index in [1.807, 2.05) is 6.07 Å². The highest BCUT2D eigenvalue weighted by Crippen LogP contribution is 2.33. The summed E-state index contributed by atoms with van der Waals surface area (Å²) in [5.41, 5.74) is 3.52. The van der Waals surface area contributed by atoms with E-state index in [1.165, 1.54) is 25.5 Å². The van der Waals surface area contributed by atoms with Crippen molar-refractivity contribution in [2.75, 3.05) is 20.8 Å². The van der Waals surface area contributed by atoms with Gasteiger partial charge in [0.15, 0.2) is 23.9 Å². The van der Waals surface area contributed by atoms with Gasteiger partial charge in [-0.25, -0.2) is 5.43 Å². The highest BCUT2D eigenvalue weighted by Gasteiger charge is 2.16. The van der Waals surface area contributed by atoms with Gasteiger partial charge in [0.2, 0.25) is 0 Å². The van der Waals surface area contributed by atoms with Crippen LogP contribution in [0.15, 0.2) is 35.4 Å². The maximum Gasteiger partial charge on any atom is 0.311 e. The number of carbonyl (C=O) groups excluding carboxylic acids is 1. The molecule has 1 amide bonds. The summed E-state index contributed by atoms with van der Waals surface area (Å²) in [5, 5.41) is 14.9. The molecule has 0 aliphatic rings. The van der Waals surface area contributed by atoms with Gasteiger partial charge in [-0.05, 0) is 58.8 Å². The zero-order valence-corrected chi connectivity index (χ0v) is 17.6. The maximum atomic E-state index is 11.9. The summed E-state index contributed by atoms with van der Waals surface area (Å²) in [6, 6.07) is 8.02. The minimum absolute atomic E-state index is 0.0178. The van der Waals surface area contributed by atoms with Gasteiger partial charge in [-0.15, -0.1) is 0 Å². The normalized spacial score (nSPS) is 10.6. The van der Waals surface area contributed by atoms with Crippen molar-refractivity contribution in [2.24, 2.45) is 5.10 Å². The molecule has 0 aromatic heterocycles. The third-order valence-electron chi connectivity index (χ3n) is 3.53. The number of hydrogen-bond acceptors (Lipinski definition) is 7. The molecule has 0 aliphatic heterocycles. The van der Waals surface area contributed by atoms with Crippen molar-refractivity contribution in [3.63, 3.8) is 0 Å². The van der Waals surface area contributed by atoms with Gasteiger partial charge in [0, 0.05) is 6.07 Å². The van der Waals surface area contributed by atoms with E-state index in [1.54, 1.807) is 26.2 Å². The fraction of sp³-hybridized carbons (Fsp3) is 0.222. The number of aryl methyl sites for hydroxylation is 1. The zero-order chi connectivity index (χ0) is 20.7. The molecule has 10 heteroatoms. The van der Waals surface area contributed by atoms with Crippen LogP contribution < -0.4 is 19.6 Å². The minimum Gasteiger partial charge on any atom is -0.493 e. The Morgan fingerprint density at radius 2 is 2.00 bits per heavy atom. The molecule has 148 valence electrons. The monoisotopic (exact) mass is 499 g/mol. The van der Waals surface area contributed by atoms with Crippen molar-refractivity contribution in [3.8, 4) is 17.2 Å². The Balaban J connectivity index is 1.98. The number of hydrazone groups is 1. The first-order valence-corrected chi connectivity index (χ1v) is 9.04. The number of nitrogens with zero attached hydrogens (tertiary/aromatic N) is 2. The molecule has 0 radical (unpaired) electrons. The van der Waals surface area contributed by atoms with Gasteiger partial charge in [0.05, 0.1) is 28.9 Å². The fourth-order valence-electron chi connectivity index (χ4n) is 2.26. The first-order chi connectivity index (χ1) is 13.3. The Bertz CT molecular complexity index is 916. The van der Waals surface area contributed by atoms with E-state index in [0.717, 1.165) is 9.13 Å². The van der Waals surface area contributed by atoms with Gasteiger partial charge in [-0.3, -0.25) is 14.9 Å².